The summed E-state index contributed by atoms with van der Waals surface area (Å²) in [5.74, 6) is -0.704. The molecule has 128 valence electrons. The third kappa shape index (κ3) is 3.32. The SMILES string of the molecule is Cc1cc(N2CC[C@@H](NS(=O)(=O)c3ccc(Cl)s3)C2=O)ccc1F. The zero-order valence-electron chi connectivity index (χ0n) is 12.6. The van der Waals surface area contributed by atoms with Crippen LogP contribution in [0.3, 0.4) is 0 Å². The highest BCUT2D eigenvalue weighted by Gasteiger charge is 2.36. The lowest BCUT2D eigenvalue weighted by atomic mass is 10.2. The molecule has 1 aromatic heterocycles. The van der Waals surface area contributed by atoms with Crippen molar-refractivity contribution in [2.45, 2.75) is 23.6 Å². The third-order valence-electron chi connectivity index (χ3n) is 3.77. The van der Waals surface area contributed by atoms with E-state index in [1.807, 2.05) is 0 Å². The Morgan fingerprint density at radius 1 is 1.33 bits per heavy atom. The Hall–Kier alpha value is -1.48. The standard InChI is InChI=1S/C15H14ClFN2O3S2/c1-9-8-10(2-3-11(9)17)19-7-6-12(15(19)20)18-24(21,22)14-5-4-13(16)23-14/h2-5,8,12,18H,6-7H2,1H3/t12-/m1/s1. The van der Waals surface area contributed by atoms with Crippen LogP contribution in [0.2, 0.25) is 4.34 Å². The lowest BCUT2D eigenvalue weighted by Gasteiger charge is -2.18. The van der Waals surface area contributed by atoms with Crippen LogP contribution in [0, 0.1) is 12.7 Å². The Bertz CT molecular complexity index is 898. The second-order valence-electron chi connectivity index (χ2n) is 5.44. The Labute approximate surface area is 148 Å². The number of anilines is 1. The van der Waals surface area contributed by atoms with Crippen molar-refractivity contribution in [3.8, 4) is 0 Å². The van der Waals surface area contributed by atoms with Crippen LogP contribution in [0.5, 0.6) is 0 Å². The molecule has 9 heteroatoms. The average Bonchev–Trinajstić information content (AvgIpc) is 3.10. The molecule has 24 heavy (non-hydrogen) atoms. The van der Waals surface area contributed by atoms with Crippen molar-refractivity contribution in [3.63, 3.8) is 0 Å². The number of aryl methyl sites for hydroxylation is 1. The fourth-order valence-corrected chi connectivity index (χ4v) is 5.25. The Balaban J connectivity index is 1.78. The Morgan fingerprint density at radius 2 is 2.08 bits per heavy atom. The van der Waals surface area contributed by atoms with Crippen LogP contribution in [0.15, 0.2) is 34.5 Å². The van der Waals surface area contributed by atoms with E-state index in [-0.39, 0.29) is 15.9 Å². The van der Waals surface area contributed by atoms with E-state index in [2.05, 4.69) is 4.72 Å². The lowest BCUT2D eigenvalue weighted by Crippen LogP contribution is -2.41. The molecule has 5 nitrogen and oxygen atoms in total. The first-order valence-corrected chi connectivity index (χ1v) is 9.81. The maximum atomic E-state index is 13.4. The van der Waals surface area contributed by atoms with E-state index in [9.17, 15) is 17.6 Å². The van der Waals surface area contributed by atoms with Gasteiger partial charge in [-0.3, -0.25) is 4.79 Å². The van der Waals surface area contributed by atoms with Crippen molar-refractivity contribution in [3.05, 3.63) is 46.0 Å². The van der Waals surface area contributed by atoms with Gasteiger partial charge in [-0.1, -0.05) is 11.6 Å². The first kappa shape index (κ1) is 17.3. The normalized spacial score (nSPS) is 18.4. The van der Waals surface area contributed by atoms with Crippen LogP contribution >= 0.6 is 22.9 Å². The number of hydrogen-bond acceptors (Lipinski definition) is 4. The summed E-state index contributed by atoms with van der Waals surface area (Å²) in [6.07, 6.45) is 0.341. The second-order valence-corrected chi connectivity index (χ2v) is 9.10. The number of carbonyl (C=O) groups excluding carboxylic acids is 1. The molecular weight excluding hydrogens is 375 g/mol. The van der Waals surface area contributed by atoms with Gasteiger partial charge in [0, 0.05) is 12.2 Å². The van der Waals surface area contributed by atoms with E-state index in [0.717, 1.165) is 11.3 Å². The number of sulfonamides is 1. The van der Waals surface area contributed by atoms with Gasteiger partial charge in [0.05, 0.1) is 4.34 Å². The molecule has 0 radical (unpaired) electrons. The molecule has 0 spiro atoms. The summed E-state index contributed by atoms with van der Waals surface area (Å²) in [6, 6.07) is 6.42. The van der Waals surface area contributed by atoms with Crippen molar-refractivity contribution in [1.29, 1.82) is 0 Å². The molecule has 3 rings (SSSR count). The van der Waals surface area contributed by atoms with Crippen molar-refractivity contribution in [1.82, 2.24) is 4.72 Å². The molecule has 1 aromatic carbocycles. The van der Waals surface area contributed by atoms with Crippen molar-refractivity contribution in [2.24, 2.45) is 0 Å². The van der Waals surface area contributed by atoms with Crippen LogP contribution in [-0.4, -0.2) is 26.9 Å². The van der Waals surface area contributed by atoms with Gasteiger partial charge in [-0.2, -0.15) is 4.72 Å². The summed E-state index contributed by atoms with van der Waals surface area (Å²) < 4.78 is 40.8. The molecule has 1 N–H and O–H groups in total. The minimum absolute atomic E-state index is 0.0661. The molecule has 2 heterocycles. The van der Waals surface area contributed by atoms with Gasteiger partial charge < -0.3 is 4.90 Å². The van der Waals surface area contributed by atoms with Gasteiger partial charge in [0.2, 0.25) is 5.91 Å². The molecule has 0 aliphatic carbocycles. The first-order valence-electron chi connectivity index (χ1n) is 7.13. The predicted octanol–water partition coefficient (Wildman–Crippen LogP) is 2.93. The zero-order valence-corrected chi connectivity index (χ0v) is 15.0. The summed E-state index contributed by atoms with van der Waals surface area (Å²) in [6.45, 7) is 1.97. The van der Waals surface area contributed by atoms with Crippen LogP contribution in [0.25, 0.3) is 0 Å². The fourth-order valence-electron chi connectivity index (χ4n) is 2.53. The molecule has 2 aromatic rings. The predicted molar refractivity (Wildman–Crippen MR) is 91.5 cm³/mol. The quantitative estimate of drug-likeness (QED) is 0.875. The highest BCUT2D eigenvalue weighted by atomic mass is 35.5. The largest absolute Gasteiger partial charge is 0.311 e. The molecule has 0 bridgehead atoms. The highest BCUT2D eigenvalue weighted by molar-refractivity contribution is 7.91. The van der Waals surface area contributed by atoms with Crippen molar-refractivity contribution in [2.75, 3.05) is 11.4 Å². The first-order chi connectivity index (χ1) is 11.3. The molecule has 1 aliphatic rings. The van der Waals surface area contributed by atoms with Gasteiger partial charge in [-0.25, -0.2) is 12.8 Å². The van der Waals surface area contributed by atoms with E-state index < -0.39 is 16.1 Å². The maximum Gasteiger partial charge on any atom is 0.250 e. The Kier molecular flexibility index (Phi) is 4.65. The van der Waals surface area contributed by atoms with E-state index in [1.54, 1.807) is 13.0 Å². The van der Waals surface area contributed by atoms with Crippen LogP contribution in [-0.2, 0) is 14.8 Å². The number of nitrogens with zero attached hydrogens (tertiary/aromatic N) is 1. The van der Waals surface area contributed by atoms with E-state index >= 15 is 0 Å². The van der Waals surface area contributed by atoms with Crippen LogP contribution in [0.4, 0.5) is 10.1 Å². The van der Waals surface area contributed by atoms with Gasteiger partial charge in [-0.15, -0.1) is 11.3 Å². The number of thiophene rings is 1. The third-order valence-corrected chi connectivity index (χ3v) is 6.96. The van der Waals surface area contributed by atoms with Crippen molar-refractivity contribution >= 4 is 44.6 Å². The summed E-state index contributed by atoms with van der Waals surface area (Å²) in [5, 5.41) is 0. The van der Waals surface area contributed by atoms with Gasteiger partial charge in [0.15, 0.2) is 0 Å². The summed E-state index contributed by atoms with van der Waals surface area (Å²) in [4.78, 5) is 14.0. The average molecular weight is 389 g/mol. The lowest BCUT2D eigenvalue weighted by molar-refractivity contribution is -0.118. The molecule has 1 amide bonds. The molecule has 0 saturated carbocycles. The smallest absolute Gasteiger partial charge is 0.250 e. The monoisotopic (exact) mass is 388 g/mol. The zero-order chi connectivity index (χ0) is 17.5. The van der Waals surface area contributed by atoms with Crippen molar-refractivity contribution < 1.29 is 17.6 Å². The number of rotatable bonds is 4. The number of nitrogens with one attached hydrogen (secondary N) is 1. The molecule has 1 saturated heterocycles. The number of benzene rings is 1. The summed E-state index contributed by atoms with van der Waals surface area (Å²) >= 11 is 6.69. The van der Waals surface area contributed by atoms with Crippen LogP contribution < -0.4 is 9.62 Å². The van der Waals surface area contributed by atoms with E-state index in [0.29, 0.717) is 28.6 Å². The molecule has 1 fully saturated rings. The fraction of sp³-hybridized carbons (Fsp3) is 0.267. The molecule has 1 atom stereocenters. The second kappa shape index (κ2) is 6.44. The number of carbonyl (C=O) groups is 1. The van der Waals surface area contributed by atoms with Gasteiger partial charge in [0.1, 0.15) is 16.1 Å². The number of halogens is 2. The molecular formula is C15H14ClFN2O3S2. The van der Waals surface area contributed by atoms with Crippen LogP contribution in [0.1, 0.15) is 12.0 Å². The Morgan fingerprint density at radius 3 is 2.71 bits per heavy atom. The number of amides is 1. The van der Waals surface area contributed by atoms with Gasteiger partial charge in [0.25, 0.3) is 10.0 Å². The topological polar surface area (TPSA) is 66.5 Å². The maximum absolute atomic E-state index is 13.4. The minimum atomic E-state index is -3.80. The van der Waals surface area contributed by atoms with Gasteiger partial charge in [-0.05, 0) is 49.2 Å². The van der Waals surface area contributed by atoms with E-state index in [1.165, 1.54) is 29.2 Å². The molecule has 1 aliphatic heterocycles. The molecule has 0 unspecified atom stereocenters. The summed E-state index contributed by atoms with van der Waals surface area (Å²) in [5.41, 5.74) is 0.984. The summed E-state index contributed by atoms with van der Waals surface area (Å²) in [7, 11) is -3.80. The minimum Gasteiger partial charge on any atom is -0.311 e. The van der Waals surface area contributed by atoms with Gasteiger partial charge >= 0.3 is 0 Å². The number of hydrogen-bond donors (Lipinski definition) is 1. The highest BCUT2D eigenvalue weighted by Crippen LogP contribution is 2.28. The van der Waals surface area contributed by atoms with E-state index in [4.69, 9.17) is 11.6 Å².